The highest BCUT2D eigenvalue weighted by atomic mass is 16.3. The Kier molecular flexibility index (Phi) is 1.69. The first-order valence-electron chi connectivity index (χ1n) is 4.80. The summed E-state index contributed by atoms with van der Waals surface area (Å²) in [6, 6.07) is 0. The fourth-order valence-electron chi connectivity index (χ4n) is 1.69. The van der Waals surface area contributed by atoms with E-state index in [9.17, 15) is 9.90 Å². The molecule has 0 spiro atoms. The lowest BCUT2D eigenvalue weighted by atomic mass is 9.90. The normalized spacial score (nSPS) is 28.1. The van der Waals surface area contributed by atoms with Crippen molar-refractivity contribution in [2.45, 2.75) is 37.3 Å². The van der Waals surface area contributed by atoms with E-state index in [1.165, 1.54) is 0 Å². The maximum absolute atomic E-state index is 11.6. The second kappa shape index (κ2) is 2.45. The van der Waals surface area contributed by atoms with Gasteiger partial charge in [0.1, 0.15) is 0 Å². The van der Waals surface area contributed by atoms with Crippen LogP contribution >= 0.6 is 0 Å². The van der Waals surface area contributed by atoms with Gasteiger partial charge in [-0.2, -0.15) is 0 Å². The van der Waals surface area contributed by atoms with Gasteiger partial charge in [0.15, 0.2) is 0 Å². The molecule has 13 heavy (non-hydrogen) atoms. The Labute approximate surface area is 77.7 Å². The number of nitrogens with two attached hydrogens (primary N) is 1. The standard InChI is InChI=1S/C9H16N2O2/c1-2-8(13)5-11(6-8)7(12)9(10)3-4-9/h13H,2-6,10H2,1H3. The van der Waals surface area contributed by atoms with E-state index in [1.807, 2.05) is 6.92 Å². The minimum absolute atomic E-state index is 0.0191. The van der Waals surface area contributed by atoms with E-state index in [2.05, 4.69) is 0 Å². The van der Waals surface area contributed by atoms with E-state index in [4.69, 9.17) is 5.73 Å². The zero-order chi connectivity index (χ0) is 9.69. The van der Waals surface area contributed by atoms with Crippen LogP contribution in [0.4, 0.5) is 0 Å². The number of aliphatic hydroxyl groups is 1. The first-order valence-corrected chi connectivity index (χ1v) is 4.80. The zero-order valence-electron chi connectivity index (χ0n) is 7.92. The van der Waals surface area contributed by atoms with Gasteiger partial charge in [0, 0.05) is 0 Å². The van der Waals surface area contributed by atoms with Gasteiger partial charge in [-0.1, -0.05) is 6.92 Å². The summed E-state index contributed by atoms with van der Waals surface area (Å²) in [5.41, 5.74) is 4.55. The molecule has 0 aromatic rings. The first kappa shape index (κ1) is 8.97. The van der Waals surface area contributed by atoms with Crippen LogP contribution in [0.1, 0.15) is 26.2 Å². The van der Waals surface area contributed by atoms with E-state index in [-0.39, 0.29) is 5.91 Å². The molecule has 1 aliphatic heterocycles. The van der Waals surface area contributed by atoms with Crippen molar-refractivity contribution in [1.82, 2.24) is 4.90 Å². The predicted molar refractivity (Wildman–Crippen MR) is 48.0 cm³/mol. The van der Waals surface area contributed by atoms with Gasteiger partial charge in [-0.3, -0.25) is 4.79 Å². The van der Waals surface area contributed by atoms with Crippen LogP contribution in [-0.2, 0) is 4.79 Å². The van der Waals surface area contributed by atoms with Gasteiger partial charge in [0.25, 0.3) is 0 Å². The van der Waals surface area contributed by atoms with Gasteiger partial charge in [-0.05, 0) is 19.3 Å². The van der Waals surface area contributed by atoms with Crippen molar-refractivity contribution < 1.29 is 9.90 Å². The number of hydrogen-bond donors (Lipinski definition) is 2. The highest BCUT2D eigenvalue weighted by molar-refractivity contribution is 5.89. The number of carbonyl (C=O) groups is 1. The average molecular weight is 184 g/mol. The van der Waals surface area contributed by atoms with Gasteiger partial charge in [0.05, 0.1) is 24.2 Å². The summed E-state index contributed by atoms with van der Waals surface area (Å²) in [5.74, 6) is 0.0191. The van der Waals surface area contributed by atoms with Crippen molar-refractivity contribution in [1.29, 1.82) is 0 Å². The maximum Gasteiger partial charge on any atom is 0.242 e. The number of hydrogen-bond acceptors (Lipinski definition) is 3. The Morgan fingerprint density at radius 1 is 1.54 bits per heavy atom. The highest BCUT2D eigenvalue weighted by Gasteiger charge is 2.53. The van der Waals surface area contributed by atoms with E-state index >= 15 is 0 Å². The number of likely N-dealkylation sites (tertiary alicyclic amines) is 1. The van der Waals surface area contributed by atoms with E-state index in [0.29, 0.717) is 19.5 Å². The third-order valence-electron chi connectivity index (χ3n) is 3.13. The molecule has 4 heteroatoms. The van der Waals surface area contributed by atoms with Gasteiger partial charge < -0.3 is 15.7 Å². The summed E-state index contributed by atoms with van der Waals surface area (Å²) in [4.78, 5) is 13.3. The summed E-state index contributed by atoms with van der Waals surface area (Å²) in [7, 11) is 0. The minimum atomic E-state index is -0.638. The van der Waals surface area contributed by atoms with Crippen molar-refractivity contribution in [2.75, 3.05) is 13.1 Å². The monoisotopic (exact) mass is 184 g/mol. The van der Waals surface area contributed by atoms with E-state index in [1.54, 1.807) is 4.90 Å². The van der Waals surface area contributed by atoms with Gasteiger partial charge in [-0.15, -0.1) is 0 Å². The number of β-amino-alcohol motifs (C(OH)–C–C–N with tert-alkyl or cyclic N) is 1. The molecule has 2 aliphatic rings. The van der Waals surface area contributed by atoms with Crippen molar-refractivity contribution in [2.24, 2.45) is 5.73 Å². The smallest absolute Gasteiger partial charge is 0.242 e. The molecule has 4 nitrogen and oxygen atoms in total. The second-order valence-corrected chi connectivity index (χ2v) is 4.40. The molecule has 1 saturated carbocycles. The Balaban J connectivity index is 1.90. The summed E-state index contributed by atoms with van der Waals surface area (Å²) >= 11 is 0. The Hall–Kier alpha value is -0.610. The lowest BCUT2D eigenvalue weighted by Crippen LogP contribution is -2.66. The highest BCUT2D eigenvalue weighted by Crippen LogP contribution is 2.37. The van der Waals surface area contributed by atoms with Crippen LogP contribution < -0.4 is 5.73 Å². The van der Waals surface area contributed by atoms with Crippen LogP contribution in [0.15, 0.2) is 0 Å². The fraction of sp³-hybridized carbons (Fsp3) is 0.889. The third-order valence-corrected chi connectivity index (χ3v) is 3.13. The van der Waals surface area contributed by atoms with E-state index < -0.39 is 11.1 Å². The molecule has 1 heterocycles. The molecule has 2 fully saturated rings. The molecule has 0 aromatic heterocycles. The zero-order valence-corrected chi connectivity index (χ0v) is 7.92. The van der Waals surface area contributed by atoms with Crippen molar-refractivity contribution in [3.8, 4) is 0 Å². The Morgan fingerprint density at radius 3 is 2.46 bits per heavy atom. The summed E-state index contributed by atoms with van der Waals surface area (Å²) in [6.45, 7) is 2.85. The second-order valence-electron chi connectivity index (χ2n) is 4.40. The third kappa shape index (κ3) is 1.34. The van der Waals surface area contributed by atoms with Crippen LogP contribution in [0, 0.1) is 0 Å². The summed E-state index contributed by atoms with van der Waals surface area (Å²) in [5, 5.41) is 9.69. The minimum Gasteiger partial charge on any atom is -0.386 e. The first-order chi connectivity index (χ1) is 5.99. The molecule has 3 N–H and O–H groups in total. The van der Waals surface area contributed by atoms with Crippen LogP contribution in [0.25, 0.3) is 0 Å². The fourth-order valence-corrected chi connectivity index (χ4v) is 1.69. The quantitative estimate of drug-likeness (QED) is 0.605. The van der Waals surface area contributed by atoms with E-state index in [0.717, 1.165) is 12.8 Å². The SMILES string of the molecule is CCC1(O)CN(C(=O)C2(N)CC2)C1. The topological polar surface area (TPSA) is 66.6 Å². The molecule has 0 unspecified atom stereocenters. The van der Waals surface area contributed by atoms with Crippen LogP contribution in [0.2, 0.25) is 0 Å². The molecule has 0 radical (unpaired) electrons. The van der Waals surface area contributed by atoms with Crippen molar-refractivity contribution in [3.05, 3.63) is 0 Å². The number of nitrogens with zero attached hydrogens (tertiary/aromatic N) is 1. The Bertz CT molecular complexity index is 242. The van der Waals surface area contributed by atoms with Gasteiger partial charge in [-0.25, -0.2) is 0 Å². The largest absolute Gasteiger partial charge is 0.386 e. The summed E-state index contributed by atoms with van der Waals surface area (Å²) in [6.07, 6.45) is 2.30. The molecule has 2 rings (SSSR count). The lowest BCUT2D eigenvalue weighted by molar-refractivity contribution is -0.158. The van der Waals surface area contributed by atoms with Gasteiger partial charge >= 0.3 is 0 Å². The number of rotatable bonds is 2. The molecule has 1 amide bonds. The lowest BCUT2D eigenvalue weighted by Gasteiger charge is -2.47. The van der Waals surface area contributed by atoms with Gasteiger partial charge in [0.2, 0.25) is 5.91 Å². The summed E-state index contributed by atoms with van der Waals surface area (Å²) < 4.78 is 0. The molecular formula is C9H16N2O2. The van der Waals surface area contributed by atoms with Crippen LogP contribution in [-0.4, -0.2) is 40.1 Å². The molecular weight excluding hydrogens is 168 g/mol. The number of amides is 1. The van der Waals surface area contributed by atoms with Crippen LogP contribution in [0.3, 0.4) is 0 Å². The molecule has 1 saturated heterocycles. The average Bonchev–Trinajstić information content (AvgIpc) is 2.78. The molecule has 74 valence electrons. The van der Waals surface area contributed by atoms with Crippen LogP contribution in [0.5, 0.6) is 0 Å². The molecule has 1 aliphatic carbocycles. The van der Waals surface area contributed by atoms with Crippen molar-refractivity contribution in [3.63, 3.8) is 0 Å². The number of carbonyl (C=O) groups excluding carboxylic acids is 1. The Morgan fingerprint density at radius 2 is 2.08 bits per heavy atom. The predicted octanol–water partition coefficient (Wildman–Crippen LogP) is -0.539. The maximum atomic E-state index is 11.6. The van der Waals surface area contributed by atoms with Crippen molar-refractivity contribution >= 4 is 5.91 Å². The molecule has 0 atom stereocenters. The molecule has 0 bridgehead atoms. The molecule has 0 aromatic carbocycles.